The molecule has 0 aromatic heterocycles. The summed E-state index contributed by atoms with van der Waals surface area (Å²) in [5.74, 6) is 0.907. The first-order chi connectivity index (χ1) is 8.58. The van der Waals surface area contributed by atoms with Crippen LogP contribution in [0, 0.1) is 0 Å². The Labute approximate surface area is 109 Å². The van der Waals surface area contributed by atoms with Gasteiger partial charge in [-0.2, -0.15) is 0 Å². The Morgan fingerprint density at radius 1 is 1.33 bits per heavy atom. The number of nitrogens with one attached hydrogen (secondary N) is 1. The molecule has 1 rings (SSSR count). The van der Waals surface area contributed by atoms with Crippen molar-refractivity contribution in [3.8, 4) is 5.75 Å². The van der Waals surface area contributed by atoms with E-state index < -0.39 is 0 Å². The minimum Gasteiger partial charge on any atom is -0.492 e. The van der Waals surface area contributed by atoms with Gasteiger partial charge in [0, 0.05) is 12.6 Å². The first-order valence-electron chi connectivity index (χ1n) is 6.23. The predicted molar refractivity (Wildman–Crippen MR) is 72.7 cm³/mol. The van der Waals surface area contributed by atoms with Gasteiger partial charge in [-0.15, -0.1) is 0 Å². The van der Waals surface area contributed by atoms with Gasteiger partial charge in [0.1, 0.15) is 12.4 Å². The van der Waals surface area contributed by atoms with Crippen molar-refractivity contribution in [1.29, 1.82) is 0 Å². The van der Waals surface area contributed by atoms with Crippen LogP contribution in [0.4, 0.5) is 0 Å². The lowest BCUT2D eigenvalue weighted by Gasteiger charge is -2.17. The van der Waals surface area contributed by atoms with Crippen molar-refractivity contribution < 1.29 is 9.53 Å². The molecule has 0 radical (unpaired) electrons. The molecule has 0 aliphatic carbocycles. The molecule has 0 atom stereocenters. The Bertz CT molecular complexity index is 352. The predicted octanol–water partition coefficient (Wildman–Crippen LogP) is 1.52. The maximum Gasteiger partial charge on any atom is 0.234 e. The molecule has 1 amide bonds. The Kier molecular flexibility index (Phi) is 6.22. The number of ether oxygens (including phenoxy) is 1. The molecular formula is C14H22N2O2. The van der Waals surface area contributed by atoms with Crippen molar-refractivity contribution >= 4 is 5.91 Å². The number of hydrogen-bond donors (Lipinski definition) is 1. The van der Waals surface area contributed by atoms with E-state index in [-0.39, 0.29) is 11.9 Å². The molecule has 0 unspecified atom stereocenters. The molecule has 0 heterocycles. The Balaban J connectivity index is 2.17. The maximum absolute atomic E-state index is 11.5. The third-order valence-electron chi connectivity index (χ3n) is 2.35. The molecule has 0 spiro atoms. The summed E-state index contributed by atoms with van der Waals surface area (Å²) >= 11 is 0. The third-order valence-corrected chi connectivity index (χ3v) is 2.35. The zero-order valence-corrected chi connectivity index (χ0v) is 11.3. The van der Waals surface area contributed by atoms with Gasteiger partial charge in [0.05, 0.1) is 6.54 Å². The highest BCUT2D eigenvalue weighted by atomic mass is 16.5. The second kappa shape index (κ2) is 7.71. The van der Waals surface area contributed by atoms with Crippen molar-refractivity contribution in [2.75, 3.05) is 26.7 Å². The second-order valence-electron chi connectivity index (χ2n) is 4.62. The van der Waals surface area contributed by atoms with Gasteiger partial charge in [0.25, 0.3) is 0 Å². The quantitative estimate of drug-likeness (QED) is 0.798. The summed E-state index contributed by atoms with van der Waals surface area (Å²) in [6.45, 7) is 5.61. The van der Waals surface area contributed by atoms with E-state index in [1.54, 1.807) is 0 Å². The highest BCUT2D eigenvalue weighted by Crippen LogP contribution is 2.07. The van der Waals surface area contributed by atoms with Crippen LogP contribution in [0.5, 0.6) is 5.75 Å². The average Bonchev–Trinajstić information content (AvgIpc) is 2.29. The summed E-state index contributed by atoms with van der Waals surface area (Å²) in [6.07, 6.45) is 0. The van der Waals surface area contributed by atoms with Gasteiger partial charge in [0.2, 0.25) is 5.91 Å². The van der Waals surface area contributed by atoms with Gasteiger partial charge in [-0.3, -0.25) is 9.69 Å². The number of hydrogen-bond acceptors (Lipinski definition) is 3. The van der Waals surface area contributed by atoms with E-state index in [9.17, 15) is 4.79 Å². The van der Waals surface area contributed by atoms with Gasteiger partial charge in [-0.1, -0.05) is 18.2 Å². The van der Waals surface area contributed by atoms with E-state index in [1.165, 1.54) is 0 Å². The van der Waals surface area contributed by atoms with Crippen LogP contribution in [0.3, 0.4) is 0 Å². The van der Waals surface area contributed by atoms with E-state index in [0.717, 1.165) is 12.3 Å². The van der Waals surface area contributed by atoms with E-state index >= 15 is 0 Å². The fraction of sp³-hybridized carbons (Fsp3) is 0.500. The normalized spacial score (nSPS) is 10.7. The highest BCUT2D eigenvalue weighted by molar-refractivity contribution is 5.78. The summed E-state index contributed by atoms with van der Waals surface area (Å²) in [7, 11) is 1.91. The molecule has 1 aromatic carbocycles. The molecule has 0 saturated heterocycles. The number of benzene rings is 1. The number of nitrogens with zero attached hydrogens (tertiary/aromatic N) is 1. The number of para-hydroxylation sites is 1. The number of carbonyl (C=O) groups is 1. The maximum atomic E-state index is 11.5. The Hall–Kier alpha value is -1.55. The number of carbonyl (C=O) groups excluding carboxylic acids is 1. The summed E-state index contributed by atoms with van der Waals surface area (Å²) in [6, 6.07) is 9.86. The first kappa shape index (κ1) is 14.5. The summed E-state index contributed by atoms with van der Waals surface area (Å²) in [4.78, 5) is 13.4. The highest BCUT2D eigenvalue weighted by Gasteiger charge is 2.07. The van der Waals surface area contributed by atoms with Crippen LogP contribution >= 0.6 is 0 Å². The lowest BCUT2D eigenvalue weighted by Crippen LogP contribution is -2.39. The molecule has 4 nitrogen and oxygen atoms in total. The van der Waals surface area contributed by atoms with Crippen LogP contribution in [0.25, 0.3) is 0 Å². The molecule has 18 heavy (non-hydrogen) atoms. The van der Waals surface area contributed by atoms with Gasteiger partial charge in [-0.05, 0) is 33.0 Å². The van der Waals surface area contributed by atoms with Crippen LogP contribution < -0.4 is 10.1 Å². The molecule has 1 N–H and O–H groups in total. The van der Waals surface area contributed by atoms with Gasteiger partial charge in [-0.25, -0.2) is 0 Å². The van der Waals surface area contributed by atoms with Crippen molar-refractivity contribution in [2.45, 2.75) is 19.9 Å². The van der Waals surface area contributed by atoms with Crippen LogP contribution in [0.1, 0.15) is 13.8 Å². The molecule has 100 valence electrons. The lowest BCUT2D eigenvalue weighted by atomic mass is 10.3. The molecule has 0 aliphatic heterocycles. The largest absolute Gasteiger partial charge is 0.492 e. The van der Waals surface area contributed by atoms with Crippen LogP contribution in [-0.4, -0.2) is 43.6 Å². The zero-order valence-electron chi connectivity index (χ0n) is 11.3. The minimum absolute atomic E-state index is 0.0483. The van der Waals surface area contributed by atoms with Crippen molar-refractivity contribution in [3.63, 3.8) is 0 Å². The monoisotopic (exact) mass is 250 g/mol. The number of rotatable bonds is 7. The summed E-state index contributed by atoms with van der Waals surface area (Å²) < 4.78 is 5.57. The molecule has 4 heteroatoms. The standard InChI is InChI=1S/C14H22N2O2/c1-12(2)15-14(17)11-16(3)9-10-18-13-7-5-4-6-8-13/h4-8,12H,9-11H2,1-3H3,(H,15,17). The smallest absolute Gasteiger partial charge is 0.234 e. The van der Waals surface area contributed by atoms with E-state index in [0.29, 0.717) is 13.2 Å². The fourth-order valence-electron chi connectivity index (χ4n) is 1.53. The molecule has 0 fully saturated rings. The van der Waals surface area contributed by atoms with Crippen LogP contribution in [0.2, 0.25) is 0 Å². The van der Waals surface area contributed by atoms with Crippen molar-refractivity contribution in [1.82, 2.24) is 10.2 Å². The summed E-state index contributed by atoms with van der Waals surface area (Å²) in [5.41, 5.74) is 0. The first-order valence-corrected chi connectivity index (χ1v) is 6.23. The fourth-order valence-corrected chi connectivity index (χ4v) is 1.53. The molecule has 1 aromatic rings. The van der Waals surface area contributed by atoms with Crippen molar-refractivity contribution in [2.24, 2.45) is 0 Å². The third kappa shape index (κ3) is 6.25. The zero-order chi connectivity index (χ0) is 13.4. The molecule has 0 saturated carbocycles. The number of amides is 1. The topological polar surface area (TPSA) is 41.6 Å². The van der Waals surface area contributed by atoms with Gasteiger partial charge >= 0.3 is 0 Å². The second-order valence-corrected chi connectivity index (χ2v) is 4.62. The number of likely N-dealkylation sites (N-methyl/N-ethyl adjacent to an activating group) is 1. The van der Waals surface area contributed by atoms with Crippen LogP contribution in [-0.2, 0) is 4.79 Å². The van der Waals surface area contributed by atoms with Gasteiger partial charge in [0.15, 0.2) is 0 Å². The van der Waals surface area contributed by atoms with E-state index in [4.69, 9.17) is 4.74 Å². The molecular weight excluding hydrogens is 228 g/mol. The SMILES string of the molecule is CC(C)NC(=O)CN(C)CCOc1ccccc1. The minimum atomic E-state index is 0.0483. The average molecular weight is 250 g/mol. The summed E-state index contributed by atoms with van der Waals surface area (Å²) in [5, 5.41) is 2.86. The van der Waals surface area contributed by atoms with Crippen molar-refractivity contribution in [3.05, 3.63) is 30.3 Å². The van der Waals surface area contributed by atoms with Crippen LogP contribution in [0.15, 0.2) is 30.3 Å². The molecule has 0 aliphatic rings. The Morgan fingerprint density at radius 2 is 2.00 bits per heavy atom. The van der Waals surface area contributed by atoms with Gasteiger partial charge < -0.3 is 10.1 Å². The molecule has 0 bridgehead atoms. The lowest BCUT2D eigenvalue weighted by molar-refractivity contribution is -0.122. The Morgan fingerprint density at radius 3 is 2.61 bits per heavy atom. The van der Waals surface area contributed by atoms with E-state index in [2.05, 4.69) is 5.32 Å². The van der Waals surface area contributed by atoms with E-state index in [1.807, 2.05) is 56.1 Å².